The summed E-state index contributed by atoms with van der Waals surface area (Å²) in [7, 11) is 0. The summed E-state index contributed by atoms with van der Waals surface area (Å²) < 4.78 is 16.1. The maximum atomic E-state index is 11.3. The highest BCUT2D eigenvalue weighted by atomic mass is 16.5. The molecule has 1 aromatic heterocycles. The topological polar surface area (TPSA) is 106 Å². The van der Waals surface area contributed by atoms with E-state index >= 15 is 0 Å². The Morgan fingerprint density at radius 2 is 1.62 bits per heavy atom. The fraction of sp³-hybridized carbons (Fsp3) is 0.158. The van der Waals surface area contributed by atoms with E-state index in [1.807, 2.05) is 0 Å². The highest BCUT2D eigenvalue weighted by Crippen LogP contribution is 2.26. The Morgan fingerprint density at radius 1 is 0.962 bits per heavy atom. The lowest BCUT2D eigenvalue weighted by atomic mass is 10.2. The van der Waals surface area contributed by atoms with Gasteiger partial charge in [0.15, 0.2) is 0 Å². The molecule has 2 N–H and O–H groups in total. The van der Waals surface area contributed by atoms with Crippen LogP contribution in [0, 0.1) is 0 Å². The minimum Gasteiger partial charge on any atom is -0.507 e. The van der Waals surface area contributed by atoms with Gasteiger partial charge in [-0.25, -0.2) is 9.59 Å². The van der Waals surface area contributed by atoms with Crippen molar-refractivity contribution in [3.05, 3.63) is 64.5 Å². The van der Waals surface area contributed by atoms with Gasteiger partial charge in [-0.1, -0.05) is 0 Å². The first-order valence-corrected chi connectivity index (χ1v) is 7.89. The van der Waals surface area contributed by atoms with Crippen LogP contribution < -0.4 is 15.1 Å². The molecular weight excluding hydrogens is 340 g/mol. The molecule has 3 aromatic rings. The summed E-state index contributed by atoms with van der Waals surface area (Å²) in [5.41, 5.74) is -0.175. The van der Waals surface area contributed by atoms with Crippen LogP contribution in [-0.4, -0.2) is 29.4 Å². The number of rotatable bonds is 7. The van der Waals surface area contributed by atoms with E-state index in [0.29, 0.717) is 36.5 Å². The Labute approximate surface area is 148 Å². The van der Waals surface area contributed by atoms with Crippen LogP contribution in [0.4, 0.5) is 0 Å². The first kappa shape index (κ1) is 17.3. The smallest absolute Gasteiger partial charge is 0.339 e. The number of carbonyl (C=O) groups is 1. The molecule has 0 amide bonds. The van der Waals surface area contributed by atoms with E-state index in [1.54, 1.807) is 30.3 Å². The Bertz CT molecular complexity index is 973. The van der Waals surface area contributed by atoms with E-state index in [1.165, 1.54) is 12.1 Å². The van der Waals surface area contributed by atoms with Crippen molar-refractivity contribution < 1.29 is 28.9 Å². The zero-order chi connectivity index (χ0) is 18.5. The van der Waals surface area contributed by atoms with E-state index in [9.17, 15) is 14.7 Å². The lowest BCUT2D eigenvalue weighted by molar-refractivity contribution is 0.0697. The molecule has 0 spiro atoms. The molecule has 0 aliphatic heterocycles. The molecule has 0 saturated carbocycles. The number of hydrogen-bond donors (Lipinski definition) is 2. The maximum Gasteiger partial charge on any atom is 0.339 e. The van der Waals surface area contributed by atoms with Gasteiger partial charge in [-0.05, 0) is 36.4 Å². The van der Waals surface area contributed by atoms with Gasteiger partial charge >= 0.3 is 11.6 Å². The van der Waals surface area contributed by atoms with Crippen molar-refractivity contribution in [3.63, 3.8) is 0 Å². The van der Waals surface area contributed by atoms with E-state index in [0.717, 1.165) is 6.07 Å². The van der Waals surface area contributed by atoms with Gasteiger partial charge in [0, 0.05) is 12.5 Å². The van der Waals surface area contributed by atoms with Crippen LogP contribution in [0.15, 0.2) is 57.7 Å². The summed E-state index contributed by atoms with van der Waals surface area (Å²) in [6, 6.07) is 12.0. The average molecular weight is 356 g/mol. The van der Waals surface area contributed by atoms with Crippen LogP contribution in [-0.2, 0) is 0 Å². The first-order valence-electron chi connectivity index (χ1n) is 7.89. The second-order valence-corrected chi connectivity index (χ2v) is 5.49. The van der Waals surface area contributed by atoms with Crippen LogP contribution >= 0.6 is 0 Å². The zero-order valence-corrected chi connectivity index (χ0v) is 13.7. The minimum absolute atomic E-state index is 0.134. The highest BCUT2D eigenvalue weighted by Gasteiger charge is 2.06. The first-order chi connectivity index (χ1) is 12.5. The summed E-state index contributed by atoms with van der Waals surface area (Å²) in [5.74, 6) is -0.0235. The molecule has 2 aromatic carbocycles. The average Bonchev–Trinajstić information content (AvgIpc) is 2.61. The maximum absolute atomic E-state index is 11.3. The number of ether oxygens (including phenoxy) is 2. The Balaban J connectivity index is 1.50. The van der Waals surface area contributed by atoms with Crippen molar-refractivity contribution >= 4 is 16.9 Å². The molecule has 0 fully saturated rings. The van der Waals surface area contributed by atoms with Crippen molar-refractivity contribution in [1.82, 2.24) is 0 Å². The summed E-state index contributed by atoms with van der Waals surface area (Å²) >= 11 is 0. The number of hydrogen-bond acceptors (Lipinski definition) is 6. The third kappa shape index (κ3) is 4.13. The Morgan fingerprint density at radius 3 is 2.31 bits per heavy atom. The second kappa shape index (κ2) is 7.60. The van der Waals surface area contributed by atoms with Gasteiger partial charge in [0.05, 0.1) is 30.2 Å². The van der Waals surface area contributed by atoms with Gasteiger partial charge in [0.2, 0.25) is 0 Å². The molecule has 3 rings (SSSR count). The molecule has 7 heteroatoms. The molecule has 0 aliphatic carbocycles. The molecule has 0 atom stereocenters. The van der Waals surface area contributed by atoms with Crippen LogP contribution in [0.2, 0.25) is 0 Å². The van der Waals surface area contributed by atoms with Crippen LogP contribution in [0.1, 0.15) is 16.8 Å². The van der Waals surface area contributed by atoms with Crippen LogP contribution in [0.5, 0.6) is 17.2 Å². The predicted octanol–water partition coefficient (Wildman–Crippen LogP) is 3.04. The van der Waals surface area contributed by atoms with Gasteiger partial charge in [-0.15, -0.1) is 0 Å². The fourth-order valence-corrected chi connectivity index (χ4v) is 2.35. The second-order valence-electron chi connectivity index (χ2n) is 5.49. The van der Waals surface area contributed by atoms with E-state index < -0.39 is 11.6 Å². The zero-order valence-electron chi connectivity index (χ0n) is 13.7. The van der Waals surface area contributed by atoms with Crippen molar-refractivity contribution in [2.24, 2.45) is 0 Å². The monoisotopic (exact) mass is 356 g/mol. The molecule has 0 saturated heterocycles. The lowest BCUT2D eigenvalue weighted by Gasteiger charge is -2.09. The molecule has 7 nitrogen and oxygen atoms in total. The van der Waals surface area contributed by atoms with Gasteiger partial charge < -0.3 is 24.1 Å². The number of fused-ring (bicyclic) bond motifs is 1. The van der Waals surface area contributed by atoms with Gasteiger partial charge in [0.25, 0.3) is 0 Å². The number of carboxylic acids is 1. The third-order valence-electron chi connectivity index (χ3n) is 3.62. The van der Waals surface area contributed by atoms with Crippen LogP contribution in [0.25, 0.3) is 11.0 Å². The van der Waals surface area contributed by atoms with Gasteiger partial charge in [-0.3, -0.25) is 0 Å². The highest BCUT2D eigenvalue weighted by molar-refractivity contribution is 5.87. The van der Waals surface area contributed by atoms with Crippen LogP contribution in [0.3, 0.4) is 0 Å². The largest absolute Gasteiger partial charge is 0.507 e. The summed E-state index contributed by atoms with van der Waals surface area (Å²) in [5, 5.41) is 19.0. The Hall–Kier alpha value is -3.48. The Kier molecular flexibility index (Phi) is 5.07. The minimum atomic E-state index is -0.982. The molecule has 134 valence electrons. The molecule has 0 bridgehead atoms. The molecule has 0 unspecified atom stereocenters. The SMILES string of the molecule is O=C(O)c1ccc(OCCCOc2ccc3c(O)cc(=O)oc3c2)cc1. The fourth-order valence-electron chi connectivity index (χ4n) is 2.35. The molecule has 0 aliphatic rings. The molecular formula is C19H16O7. The molecule has 1 heterocycles. The van der Waals surface area contributed by atoms with Crippen molar-refractivity contribution in [2.75, 3.05) is 13.2 Å². The normalized spacial score (nSPS) is 10.6. The van der Waals surface area contributed by atoms with Crippen molar-refractivity contribution in [2.45, 2.75) is 6.42 Å². The summed E-state index contributed by atoms with van der Waals surface area (Å²) in [6.45, 7) is 0.775. The standard InChI is InChI=1S/C19H16O7/c20-16-11-18(21)26-17-10-14(6-7-15(16)17)25-9-1-8-24-13-4-2-12(3-5-13)19(22)23/h2-7,10-11,20H,1,8-9H2,(H,22,23). The lowest BCUT2D eigenvalue weighted by Crippen LogP contribution is -2.05. The van der Waals surface area contributed by atoms with E-state index in [4.69, 9.17) is 19.0 Å². The van der Waals surface area contributed by atoms with Gasteiger partial charge in [-0.2, -0.15) is 0 Å². The van der Waals surface area contributed by atoms with E-state index in [2.05, 4.69) is 0 Å². The van der Waals surface area contributed by atoms with Gasteiger partial charge in [0.1, 0.15) is 22.8 Å². The summed E-state index contributed by atoms with van der Waals surface area (Å²) in [6.07, 6.45) is 0.600. The van der Waals surface area contributed by atoms with E-state index in [-0.39, 0.29) is 16.9 Å². The van der Waals surface area contributed by atoms with Crippen molar-refractivity contribution in [3.8, 4) is 17.2 Å². The summed E-state index contributed by atoms with van der Waals surface area (Å²) in [4.78, 5) is 22.1. The number of benzene rings is 2. The molecule has 0 radical (unpaired) electrons. The number of aromatic carboxylic acids is 1. The quantitative estimate of drug-likeness (QED) is 0.495. The predicted molar refractivity (Wildman–Crippen MR) is 93.2 cm³/mol. The number of carboxylic acid groups (broad SMARTS) is 1. The number of aromatic hydroxyl groups is 1. The van der Waals surface area contributed by atoms with Crippen molar-refractivity contribution in [1.29, 1.82) is 0 Å². The molecule has 26 heavy (non-hydrogen) atoms. The third-order valence-corrected chi connectivity index (χ3v) is 3.62.